The van der Waals surface area contributed by atoms with Crippen molar-refractivity contribution in [2.75, 3.05) is 0 Å². The summed E-state index contributed by atoms with van der Waals surface area (Å²) in [6.45, 7) is 0. The molecule has 0 radical (unpaired) electrons. The predicted octanol–water partition coefficient (Wildman–Crippen LogP) is 2.43. The van der Waals surface area contributed by atoms with Crippen molar-refractivity contribution in [1.29, 1.82) is 0 Å². The molecule has 15 heavy (non-hydrogen) atoms. The van der Waals surface area contributed by atoms with Crippen LogP contribution in [-0.2, 0) is 0 Å². The van der Waals surface area contributed by atoms with Crippen LogP contribution in [0.4, 0.5) is 0 Å². The third-order valence-electron chi connectivity index (χ3n) is 2.00. The number of carboxylic acids is 1. The van der Waals surface area contributed by atoms with Crippen LogP contribution in [0, 0.1) is 0 Å². The molecular weight excluding hydrogens is 216 g/mol. The van der Waals surface area contributed by atoms with Crippen molar-refractivity contribution < 1.29 is 9.90 Å². The zero-order valence-corrected chi connectivity index (χ0v) is 8.32. The van der Waals surface area contributed by atoms with Gasteiger partial charge in [-0.1, -0.05) is 23.7 Å². The van der Waals surface area contributed by atoms with Crippen molar-refractivity contribution in [3.63, 3.8) is 0 Å². The van der Waals surface area contributed by atoms with Gasteiger partial charge in [0.2, 0.25) is 0 Å². The van der Waals surface area contributed by atoms with Crippen LogP contribution in [-0.4, -0.2) is 21.0 Å². The third kappa shape index (κ3) is 1.71. The average Bonchev–Trinajstić information content (AvgIpc) is 2.70. The molecule has 0 fully saturated rings. The first-order valence-corrected chi connectivity index (χ1v) is 4.59. The predicted molar refractivity (Wildman–Crippen MR) is 56.0 cm³/mol. The molecule has 0 spiro atoms. The second-order valence-corrected chi connectivity index (χ2v) is 3.30. The fraction of sp³-hybridized carbons (Fsp3) is 0. The quantitative estimate of drug-likeness (QED) is 0.820. The summed E-state index contributed by atoms with van der Waals surface area (Å²) < 4.78 is 0. The number of aromatic amines is 1. The minimum Gasteiger partial charge on any atom is -0.478 e. The Morgan fingerprint density at radius 3 is 2.87 bits per heavy atom. The molecule has 0 bridgehead atoms. The number of halogens is 1. The van der Waals surface area contributed by atoms with Gasteiger partial charge in [-0.05, 0) is 6.07 Å². The number of aromatic carboxylic acids is 1. The number of hydrogen-bond acceptors (Lipinski definition) is 2. The molecule has 0 saturated heterocycles. The van der Waals surface area contributed by atoms with E-state index in [0.29, 0.717) is 11.3 Å². The van der Waals surface area contributed by atoms with E-state index in [4.69, 9.17) is 16.7 Å². The summed E-state index contributed by atoms with van der Waals surface area (Å²) in [5, 5.41) is 9.08. The van der Waals surface area contributed by atoms with Gasteiger partial charge in [0.25, 0.3) is 0 Å². The van der Waals surface area contributed by atoms with Crippen LogP contribution >= 0.6 is 11.6 Å². The van der Waals surface area contributed by atoms with E-state index in [9.17, 15) is 4.79 Å². The molecule has 0 atom stereocenters. The molecule has 2 aromatic rings. The first-order valence-electron chi connectivity index (χ1n) is 4.21. The maximum Gasteiger partial charge on any atom is 0.337 e. The zero-order chi connectivity index (χ0) is 10.8. The van der Waals surface area contributed by atoms with Crippen LogP contribution in [0.25, 0.3) is 11.3 Å². The van der Waals surface area contributed by atoms with Crippen LogP contribution in [0.5, 0.6) is 0 Å². The highest BCUT2D eigenvalue weighted by molar-refractivity contribution is 6.36. The van der Waals surface area contributed by atoms with Gasteiger partial charge in [-0.3, -0.25) is 0 Å². The number of aromatic nitrogens is 2. The Labute approximate surface area is 90.5 Å². The molecule has 0 unspecified atom stereocenters. The molecule has 0 aliphatic carbocycles. The maximum atomic E-state index is 10.8. The Morgan fingerprint density at radius 1 is 1.47 bits per heavy atom. The van der Waals surface area contributed by atoms with Crippen molar-refractivity contribution in [3.05, 3.63) is 41.3 Å². The highest BCUT2D eigenvalue weighted by Crippen LogP contribution is 2.28. The Bertz CT molecular complexity index is 494. The van der Waals surface area contributed by atoms with Crippen molar-refractivity contribution >= 4 is 17.6 Å². The van der Waals surface area contributed by atoms with Gasteiger partial charge >= 0.3 is 5.97 Å². The first-order chi connectivity index (χ1) is 7.20. The van der Waals surface area contributed by atoms with Gasteiger partial charge in [0.15, 0.2) is 0 Å². The van der Waals surface area contributed by atoms with Gasteiger partial charge in [0, 0.05) is 11.8 Å². The fourth-order valence-corrected chi connectivity index (χ4v) is 1.61. The molecule has 4 nitrogen and oxygen atoms in total. The van der Waals surface area contributed by atoms with Gasteiger partial charge in [0.05, 0.1) is 22.6 Å². The molecular formula is C10H7ClN2O2. The Kier molecular flexibility index (Phi) is 2.43. The van der Waals surface area contributed by atoms with E-state index >= 15 is 0 Å². The number of carbonyl (C=O) groups is 1. The summed E-state index contributed by atoms with van der Waals surface area (Å²) in [6, 6.07) is 4.82. The van der Waals surface area contributed by atoms with Gasteiger partial charge in [-0.15, -0.1) is 0 Å². The minimum atomic E-state index is -1.04. The molecule has 1 aromatic heterocycles. The topological polar surface area (TPSA) is 66.0 Å². The lowest BCUT2D eigenvalue weighted by molar-refractivity contribution is 0.0697. The zero-order valence-electron chi connectivity index (χ0n) is 7.57. The number of rotatable bonds is 2. The van der Waals surface area contributed by atoms with Gasteiger partial charge in [-0.2, -0.15) is 0 Å². The molecule has 0 aliphatic heterocycles. The monoisotopic (exact) mass is 222 g/mol. The van der Waals surface area contributed by atoms with Gasteiger partial charge in [0.1, 0.15) is 0 Å². The smallest absolute Gasteiger partial charge is 0.337 e. The Balaban J connectivity index is 2.59. The van der Waals surface area contributed by atoms with Crippen molar-refractivity contribution in [1.82, 2.24) is 9.97 Å². The van der Waals surface area contributed by atoms with E-state index in [1.807, 2.05) is 0 Å². The number of carboxylic acid groups (broad SMARTS) is 1. The van der Waals surface area contributed by atoms with E-state index in [1.54, 1.807) is 18.3 Å². The first kappa shape index (κ1) is 9.73. The van der Waals surface area contributed by atoms with Crippen LogP contribution in [0.1, 0.15) is 10.4 Å². The molecule has 76 valence electrons. The molecule has 0 amide bonds. The van der Waals surface area contributed by atoms with Crippen molar-refractivity contribution in [2.45, 2.75) is 0 Å². The number of imidazole rings is 1. The van der Waals surface area contributed by atoms with Gasteiger partial charge in [-0.25, -0.2) is 9.78 Å². The van der Waals surface area contributed by atoms with Crippen molar-refractivity contribution in [3.8, 4) is 11.3 Å². The Morgan fingerprint density at radius 2 is 2.27 bits per heavy atom. The molecule has 2 rings (SSSR count). The summed E-state index contributed by atoms with van der Waals surface area (Å²) in [5.41, 5.74) is 1.32. The fourth-order valence-electron chi connectivity index (χ4n) is 1.30. The standard InChI is InChI=1S/C10H7ClN2O2/c11-9-6(8-4-12-5-13-8)2-1-3-7(9)10(14)15/h1-5H,(H,12,13)(H,14,15). The lowest BCUT2D eigenvalue weighted by Gasteiger charge is -2.03. The number of nitrogens with one attached hydrogen (secondary N) is 1. The number of nitrogens with zero attached hydrogens (tertiary/aromatic N) is 1. The summed E-state index contributed by atoms with van der Waals surface area (Å²) in [5.74, 6) is -1.04. The van der Waals surface area contributed by atoms with Crippen LogP contribution in [0.3, 0.4) is 0 Å². The average molecular weight is 223 g/mol. The lowest BCUT2D eigenvalue weighted by atomic mass is 10.1. The van der Waals surface area contributed by atoms with E-state index in [2.05, 4.69) is 9.97 Å². The SMILES string of the molecule is O=C(O)c1cccc(-c2c[nH]cn2)c1Cl. The molecule has 0 aliphatic rings. The third-order valence-corrected chi connectivity index (χ3v) is 2.41. The summed E-state index contributed by atoms with van der Waals surface area (Å²) in [4.78, 5) is 17.6. The Hall–Kier alpha value is -1.81. The van der Waals surface area contributed by atoms with E-state index in [0.717, 1.165) is 0 Å². The van der Waals surface area contributed by atoms with Crippen LogP contribution < -0.4 is 0 Å². The molecule has 0 saturated carbocycles. The molecule has 1 heterocycles. The number of hydrogen-bond donors (Lipinski definition) is 2. The molecule has 1 aromatic carbocycles. The normalized spacial score (nSPS) is 10.2. The van der Waals surface area contributed by atoms with E-state index < -0.39 is 5.97 Å². The van der Waals surface area contributed by atoms with Crippen molar-refractivity contribution in [2.24, 2.45) is 0 Å². The summed E-state index contributed by atoms with van der Waals surface area (Å²) >= 11 is 5.96. The second kappa shape index (κ2) is 3.74. The highest BCUT2D eigenvalue weighted by Gasteiger charge is 2.13. The summed E-state index contributed by atoms with van der Waals surface area (Å²) in [6.07, 6.45) is 3.17. The molecule has 5 heteroatoms. The van der Waals surface area contributed by atoms with E-state index in [-0.39, 0.29) is 10.6 Å². The largest absolute Gasteiger partial charge is 0.478 e. The van der Waals surface area contributed by atoms with Gasteiger partial charge < -0.3 is 10.1 Å². The van der Waals surface area contributed by atoms with E-state index in [1.165, 1.54) is 12.4 Å². The summed E-state index contributed by atoms with van der Waals surface area (Å²) in [7, 11) is 0. The lowest BCUT2D eigenvalue weighted by Crippen LogP contribution is -1.98. The minimum absolute atomic E-state index is 0.0807. The molecule has 2 N–H and O–H groups in total. The van der Waals surface area contributed by atoms with Crippen LogP contribution in [0.15, 0.2) is 30.7 Å². The number of H-pyrrole nitrogens is 1. The highest BCUT2D eigenvalue weighted by atomic mass is 35.5. The second-order valence-electron chi connectivity index (χ2n) is 2.93. The maximum absolute atomic E-state index is 10.8. The number of benzene rings is 1. The van der Waals surface area contributed by atoms with Crippen LogP contribution in [0.2, 0.25) is 5.02 Å².